The van der Waals surface area contributed by atoms with Crippen LogP contribution >= 0.6 is 11.6 Å². The van der Waals surface area contributed by atoms with Crippen LogP contribution in [0.4, 0.5) is 0 Å². The molecule has 0 saturated heterocycles. The van der Waals surface area contributed by atoms with Gasteiger partial charge in [0, 0.05) is 11.6 Å². The number of methoxy groups -OCH3 is 1. The monoisotopic (exact) mass is 319 g/mol. The van der Waals surface area contributed by atoms with Crippen molar-refractivity contribution in [3.05, 3.63) is 23.2 Å². The van der Waals surface area contributed by atoms with Gasteiger partial charge < -0.3 is 4.74 Å². The van der Waals surface area contributed by atoms with E-state index in [1.165, 1.54) is 13.2 Å². The Kier molecular flexibility index (Phi) is 5.86. The van der Waals surface area contributed by atoms with Gasteiger partial charge in [-0.1, -0.05) is 32.4 Å². The Labute approximate surface area is 126 Å². The Bertz CT molecular complexity index is 550. The average Bonchev–Trinajstić information content (AvgIpc) is 2.33. The topological polar surface area (TPSA) is 55.4 Å². The molecule has 0 atom stereocenters. The van der Waals surface area contributed by atoms with Crippen molar-refractivity contribution in [3.63, 3.8) is 0 Å². The maximum atomic E-state index is 12.2. The molecule has 6 heteroatoms. The van der Waals surface area contributed by atoms with Crippen molar-refractivity contribution < 1.29 is 13.2 Å². The molecule has 0 unspecified atom stereocenters. The zero-order chi connectivity index (χ0) is 15.4. The molecule has 0 aliphatic heterocycles. The maximum absolute atomic E-state index is 12.2. The Morgan fingerprint density at radius 1 is 1.30 bits per heavy atom. The van der Waals surface area contributed by atoms with E-state index < -0.39 is 10.0 Å². The van der Waals surface area contributed by atoms with Crippen LogP contribution < -0.4 is 9.46 Å². The second-order valence-corrected chi connectivity index (χ2v) is 8.03. The van der Waals surface area contributed by atoms with E-state index >= 15 is 0 Å². The van der Waals surface area contributed by atoms with Gasteiger partial charge >= 0.3 is 0 Å². The average molecular weight is 320 g/mol. The largest absolute Gasteiger partial charge is 0.495 e. The molecule has 0 radical (unpaired) electrons. The van der Waals surface area contributed by atoms with Crippen LogP contribution in [-0.2, 0) is 10.0 Å². The summed E-state index contributed by atoms with van der Waals surface area (Å²) in [7, 11) is -2.17. The van der Waals surface area contributed by atoms with Crippen LogP contribution in [0.25, 0.3) is 0 Å². The lowest BCUT2D eigenvalue weighted by molar-refractivity contribution is 0.365. The first-order chi connectivity index (χ1) is 9.15. The van der Waals surface area contributed by atoms with Crippen LogP contribution in [0.5, 0.6) is 5.75 Å². The number of nitrogens with one attached hydrogen (secondary N) is 1. The van der Waals surface area contributed by atoms with E-state index in [0.29, 0.717) is 11.6 Å². The van der Waals surface area contributed by atoms with Gasteiger partial charge in [-0.05, 0) is 36.5 Å². The second kappa shape index (κ2) is 6.78. The molecule has 0 fully saturated rings. The Morgan fingerprint density at radius 3 is 2.50 bits per heavy atom. The van der Waals surface area contributed by atoms with Gasteiger partial charge in [0.2, 0.25) is 10.0 Å². The van der Waals surface area contributed by atoms with E-state index in [2.05, 4.69) is 25.5 Å². The van der Waals surface area contributed by atoms with Crippen LogP contribution in [-0.4, -0.2) is 22.1 Å². The summed E-state index contributed by atoms with van der Waals surface area (Å²) in [5.74, 6) is 0.290. The minimum atomic E-state index is -3.60. The zero-order valence-electron chi connectivity index (χ0n) is 12.4. The molecule has 1 N–H and O–H groups in total. The van der Waals surface area contributed by atoms with Gasteiger partial charge in [-0.2, -0.15) is 0 Å². The Hall–Kier alpha value is -0.780. The van der Waals surface area contributed by atoms with Gasteiger partial charge in [0.25, 0.3) is 0 Å². The first kappa shape index (κ1) is 17.3. The molecular weight excluding hydrogens is 298 g/mol. The highest BCUT2D eigenvalue weighted by Crippen LogP contribution is 2.27. The van der Waals surface area contributed by atoms with E-state index in [1.807, 2.05) is 0 Å². The predicted octanol–water partition coefficient (Wildman–Crippen LogP) is 3.45. The highest BCUT2D eigenvalue weighted by atomic mass is 35.5. The Morgan fingerprint density at radius 2 is 1.95 bits per heavy atom. The highest BCUT2D eigenvalue weighted by Gasteiger charge is 2.20. The number of hydrogen-bond donors (Lipinski definition) is 1. The standard InChI is InChI=1S/C14H22ClNO3S/c1-14(2,3)8-5-9-16-20(17,18)13-10-11(15)6-7-12(13)19-4/h6-7,10,16H,5,8-9H2,1-4H3. The van der Waals surface area contributed by atoms with E-state index in [9.17, 15) is 8.42 Å². The molecule has 0 aliphatic carbocycles. The lowest BCUT2D eigenvalue weighted by Gasteiger charge is -2.18. The summed E-state index contributed by atoms with van der Waals surface area (Å²) >= 11 is 5.85. The Balaban J connectivity index is 2.77. The maximum Gasteiger partial charge on any atom is 0.244 e. The molecule has 1 rings (SSSR count). The number of ether oxygens (including phenoxy) is 1. The summed E-state index contributed by atoms with van der Waals surface area (Å²) < 4.78 is 32.1. The summed E-state index contributed by atoms with van der Waals surface area (Å²) in [6.45, 7) is 6.78. The molecule has 0 spiro atoms. The van der Waals surface area contributed by atoms with Crippen molar-refractivity contribution in [3.8, 4) is 5.75 Å². The van der Waals surface area contributed by atoms with E-state index in [1.54, 1.807) is 12.1 Å². The molecular formula is C14H22ClNO3S. The van der Waals surface area contributed by atoms with E-state index in [0.717, 1.165) is 12.8 Å². The van der Waals surface area contributed by atoms with Gasteiger partial charge in [-0.25, -0.2) is 13.1 Å². The van der Waals surface area contributed by atoms with Crippen molar-refractivity contribution in [1.82, 2.24) is 4.72 Å². The summed E-state index contributed by atoms with van der Waals surface area (Å²) in [6, 6.07) is 4.54. The number of rotatable bonds is 6. The van der Waals surface area contributed by atoms with Crippen LogP contribution in [0.2, 0.25) is 5.02 Å². The minimum absolute atomic E-state index is 0.0725. The number of halogens is 1. The van der Waals surface area contributed by atoms with E-state index in [4.69, 9.17) is 16.3 Å². The normalized spacial score (nSPS) is 12.4. The van der Waals surface area contributed by atoms with Crippen LogP contribution in [0, 0.1) is 5.41 Å². The first-order valence-corrected chi connectivity index (χ1v) is 8.35. The molecule has 1 aromatic rings. The first-order valence-electron chi connectivity index (χ1n) is 6.49. The third-order valence-electron chi connectivity index (χ3n) is 2.81. The fourth-order valence-corrected chi connectivity index (χ4v) is 3.27. The van der Waals surface area contributed by atoms with Gasteiger partial charge in [-0.15, -0.1) is 0 Å². The summed E-state index contributed by atoms with van der Waals surface area (Å²) in [6.07, 6.45) is 1.73. The summed E-state index contributed by atoms with van der Waals surface area (Å²) in [5.41, 5.74) is 0.194. The number of sulfonamides is 1. The van der Waals surface area contributed by atoms with Crippen LogP contribution in [0.3, 0.4) is 0 Å². The lowest BCUT2D eigenvalue weighted by Crippen LogP contribution is -2.26. The van der Waals surface area contributed by atoms with Crippen molar-refractivity contribution in [1.29, 1.82) is 0 Å². The molecule has 0 aromatic heterocycles. The third kappa shape index (κ3) is 5.31. The fraction of sp³-hybridized carbons (Fsp3) is 0.571. The molecule has 114 valence electrons. The van der Waals surface area contributed by atoms with Gasteiger partial charge in [0.15, 0.2) is 0 Å². The minimum Gasteiger partial charge on any atom is -0.495 e. The van der Waals surface area contributed by atoms with Gasteiger partial charge in [0.05, 0.1) is 7.11 Å². The molecule has 0 saturated carbocycles. The van der Waals surface area contributed by atoms with Crippen LogP contribution in [0.1, 0.15) is 33.6 Å². The van der Waals surface area contributed by atoms with Crippen molar-refractivity contribution in [2.45, 2.75) is 38.5 Å². The predicted molar refractivity (Wildman–Crippen MR) is 81.9 cm³/mol. The molecule has 20 heavy (non-hydrogen) atoms. The molecule has 0 bridgehead atoms. The summed E-state index contributed by atoms with van der Waals surface area (Å²) in [4.78, 5) is 0.0725. The summed E-state index contributed by atoms with van der Waals surface area (Å²) in [5, 5.41) is 0.362. The van der Waals surface area contributed by atoms with Crippen molar-refractivity contribution in [2.24, 2.45) is 5.41 Å². The fourth-order valence-electron chi connectivity index (χ4n) is 1.76. The van der Waals surface area contributed by atoms with E-state index in [-0.39, 0.29) is 16.1 Å². The lowest BCUT2D eigenvalue weighted by atomic mass is 9.91. The molecule has 4 nitrogen and oxygen atoms in total. The molecule has 0 heterocycles. The van der Waals surface area contributed by atoms with Crippen molar-refractivity contribution >= 4 is 21.6 Å². The smallest absolute Gasteiger partial charge is 0.244 e. The zero-order valence-corrected chi connectivity index (χ0v) is 13.9. The SMILES string of the molecule is COc1ccc(Cl)cc1S(=O)(=O)NCCCC(C)(C)C. The number of hydrogen-bond acceptors (Lipinski definition) is 3. The molecule has 0 aliphatic rings. The quantitative estimate of drug-likeness (QED) is 0.817. The van der Waals surface area contributed by atoms with Gasteiger partial charge in [0.1, 0.15) is 10.6 Å². The van der Waals surface area contributed by atoms with Crippen molar-refractivity contribution in [2.75, 3.05) is 13.7 Å². The molecule has 0 amide bonds. The molecule has 1 aromatic carbocycles. The van der Waals surface area contributed by atoms with Crippen LogP contribution in [0.15, 0.2) is 23.1 Å². The number of benzene rings is 1. The third-order valence-corrected chi connectivity index (χ3v) is 4.53. The van der Waals surface area contributed by atoms with Gasteiger partial charge in [-0.3, -0.25) is 0 Å². The second-order valence-electron chi connectivity index (χ2n) is 5.86. The highest BCUT2D eigenvalue weighted by molar-refractivity contribution is 7.89.